The Morgan fingerprint density at radius 3 is 3.22 bits per heavy atom. The molecule has 1 saturated heterocycles. The first-order chi connectivity index (χ1) is 11.3. The molecule has 1 aliphatic rings. The number of likely N-dealkylation sites (tertiary alicyclic amines) is 1. The van der Waals surface area contributed by atoms with Gasteiger partial charge in [-0.25, -0.2) is 0 Å². The highest BCUT2D eigenvalue weighted by molar-refractivity contribution is 7.98. The summed E-state index contributed by atoms with van der Waals surface area (Å²) in [7, 11) is 0. The summed E-state index contributed by atoms with van der Waals surface area (Å²) < 4.78 is 11.0. The van der Waals surface area contributed by atoms with E-state index in [0.717, 1.165) is 63.3 Å². The summed E-state index contributed by atoms with van der Waals surface area (Å²) in [4.78, 5) is 7.14. The van der Waals surface area contributed by atoms with Gasteiger partial charge < -0.3 is 19.4 Å². The van der Waals surface area contributed by atoms with Crippen molar-refractivity contribution >= 4 is 17.7 Å². The molecule has 2 heterocycles. The maximum Gasteiger partial charge on any atom is 0.193 e. The van der Waals surface area contributed by atoms with Gasteiger partial charge in [0.1, 0.15) is 5.76 Å². The van der Waals surface area contributed by atoms with Crippen LogP contribution in [0, 0.1) is 5.92 Å². The van der Waals surface area contributed by atoms with Crippen LogP contribution in [0.5, 0.6) is 0 Å². The third-order valence-electron chi connectivity index (χ3n) is 3.93. The summed E-state index contributed by atoms with van der Waals surface area (Å²) in [6, 6.07) is 3.95. The van der Waals surface area contributed by atoms with Crippen molar-refractivity contribution < 1.29 is 9.15 Å². The maximum atomic E-state index is 5.57. The van der Waals surface area contributed by atoms with Crippen LogP contribution in [0.1, 0.15) is 19.1 Å². The van der Waals surface area contributed by atoms with Gasteiger partial charge in [0, 0.05) is 44.3 Å². The molecule has 0 spiro atoms. The lowest BCUT2D eigenvalue weighted by Crippen LogP contribution is -2.41. The quantitative estimate of drug-likeness (QED) is 0.425. The number of rotatable bonds is 9. The molecular weight excluding hydrogens is 310 g/mol. The van der Waals surface area contributed by atoms with Crippen LogP contribution < -0.4 is 5.32 Å². The van der Waals surface area contributed by atoms with Crippen molar-refractivity contribution in [2.75, 3.05) is 51.4 Å². The molecule has 1 fully saturated rings. The average Bonchev–Trinajstić information content (AvgIpc) is 3.23. The number of hydrogen-bond donors (Lipinski definition) is 1. The van der Waals surface area contributed by atoms with Crippen LogP contribution >= 0.6 is 11.8 Å². The second kappa shape index (κ2) is 10.6. The van der Waals surface area contributed by atoms with E-state index in [2.05, 4.69) is 23.4 Å². The second-order valence-corrected chi connectivity index (χ2v) is 6.70. The van der Waals surface area contributed by atoms with Crippen LogP contribution in [0.2, 0.25) is 0 Å². The molecule has 6 heteroatoms. The van der Waals surface area contributed by atoms with E-state index < -0.39 is 0 Å². The van der Waals surface area contributed by atoms with Gasteiger partial charge in [0.15, 0.2) is 5.96 Å². The van der Waals surface area contributed by atoms with E-state index in [1.54, 1.807) is 6.26 Å². The van der Waals surface area contributed by atoms with Crippen LogP contribution in [0.15, 0.2) is 27.8 Å². The lowest BCUT2D eigenvalue weighted by atomic mass is 10.1. The minimum Gasteiger partial charge on any atom is -0.469 e. The standard InChI is InChI=1S/C17H29N3O2S/c1-3-21-14-15-7-10-20(13-15)17(19-9-12-23-2)18-8-6-16-5-4-11-22-16/h4-5,11,15H,3,6-10,12-14H2,1-2H3,(H,18,19). The molecule has 130 valence electrons. The van der Waals surface area contributed by atoms with Crippen molar-refractivity contribution in [3.63, 3.8) is 0 Å². The molecule has 5 nitrogen and oxygen atoms in total. The van der Waals surface area contributed by atoms with Gasteiger partial charge in [-0.15, -0.1) is 0 Å². The minimum atomic E-state index is 0.618. The number of ether oxygens (including phenoxy) is 1. The highest BCUT2D eigenvalue weighted by atomic mass is 32.2. The van der Waals surface area contributed by atoms with Crippen LogP contribution in [0.25, 0.3) is 0 Å². The lowest BCUT2D eigenvalue weighted by Gasteiger charge is -2.22. The second-order valence-electron chi connectivity index (χ2n) is 5.71. The maximum absolute atomic E-state index is 5.57. The SMILES string of the molecule is CCOCC1CCN(C(=NCCSC)NCCc2ccco2)C1. The largest absolute Gasteiger partial charge is 0.469 e. The molecule has 1 aromatic rings. The zero-order chi connectivity index (χ0) is 16.3. The van der Waals surface area contributed by atoms with E-state index in [-0.39, 0.29) is 0 Å². The molecular formula is C17H29N3O2S. The number of nitrogens with one attached hydrogen (secondary N) is 1. The summed E-state index contributed by atoms with van der Waals surface area (Å²) in [5.41, 5.74) is 0. The smallest absolute Gasteiger partial charge is 0.193 e. The molecule has 1 N–H and O–H groups in total. The minimum absolute atomic E-state index is 0.618. The number of aliphatic imine (C=N–C) groups is 1. The van der Waals surface area contributed by atoms with E-state index >= 15 is 0 Å². The molecule has 2 rings (SSSR count). The fourth-order valence-corrected chi connectivity index (χ4v) is 2.98. The number of guanidine groups is 1. The van der Waals surface area contributed by atoms with Gasteiger partial charge in [-0.2, -0.15) is 11.8 Å². The molecule has 0 amide bonds. The summed E-state index contributed by atoms with van der Waals surface area (Å²) in [5, 5.41) is 3.50. The van der Waals surface area contributed by atoms with Gasteiger partial charge >= 0.3 is 0 Å². The fraction of sp³-hybridized carbons (Fsp3) is 0.706. The molecule has 23 heavy (non-hydrogen) atoms. The molecule has 0 radical (unpaired) electrons. The fourth-order valence-electron chi connectivity index (χ4n) is 2.71. The topological polar surface area (TPSA) is 50.0 Å². The highest BCUT2D eigenvalue weighted by Crippen LogP contribution is 2.16. The first kappa shape index (κ1) is 18.2. The van der Waals surface area contributed by atoms with E-state index in [4.69, 9.17) is 14.1 Å². The Morgan fingerprint density at radius 1 is 1.57 bits per heavy atom. The summed E-state index contributed by atoms with van der Waals surface area (Å²) in [5.74, 6) is 3.72. The van der Waals surface area contributed by atoms with Gasteiger partial charge in [0.2, 0.25) is 0 Å². The monoisotopic (exact) mass is 339 g/mol. The Bertz CT molecular complexity index is 451. The summed E-state index contributed by atoms with van der Waals surface area (Å²) in [6.07, 6.45) is 5.90. The third kappa shape index (κ3) is 6.47. The predicted molar refractivity (Wildman–Crippen MR) is 97.3 cm³/mol. The Labute approximate surface area is 143 Å². The average molecular weight is 340 g/mol. The van der Waals surface area contributed by atoms with E-state index in [9.17, 15) is 0 Å². The Kier molecular flexibility index (Phi) is 8.39. The van der Waals surface area contributed by atoms with Crippen molar-refractivity contribution in [1.29, 1.82) is 0 Å². The highest BCUT2D eigenvalue weighted by Gasteiger charge is 2.24. The molecule has 0 bridgehead atoms. The van der Waals surface area contributed by atoms with Crippen molar-refractivity contribution in [3.05, 3.63) is 24.2 Å². The first-order valence-electron chi connectivity index (χ1n) is 8.45. The van der Waals surface area contributed by atoms with Crippen molar-refractivity contribution in [1.82, 2.24) is 10.2 Å². The molecule has 0 aromatic carbocycles. The molecule has 1 atom stereocenters. The number of nitrogens with zero attached hydrogens (tertiary/aromatic N) is 2. The van der Waals surface area contributed by atoms with Gasteiger partial charge in [-0.3, -0.25) is 4.99 Å². The van der Waals surface area contributed by atoms with E-state index in [0.29, 0.717) is 5.92 Å². The number of hydrogen-bond acceptors (Lipinski definition) is 4. The Balaban J connectivity index is 1.82. The summed E-state index contributed by atoms with van der Waals surface area (Å²) >= 11 is 1.83. The Hall–Kier alpha value is -1.14. The molecule has 1 aliphatic heterocycles. The Morgan fingerprint density at radius 2 is 2.48 bits per heavy atom. The normalized spacial score (nSPS) is 18.6. The van der Waals surface area contributed by atoms with Crippen molar-refractivity contribution in [3.8, 4) is 0 Å². The number of furan rings is 1. The van der Waals surface area contributed by atoms with Gasteiger partial charge in [0.25, 0.3) is 0 Å². The van der Waals surface area contributed by atoms with E-state index in [1.807, 2.05) is 23.9 Å². The molecule has 0 aliphatic carbocycles. The zero-order valence-electron chi connectivity index (χ0n) is 14.3. The van der Waals surface area contributed by atoms with Crippen LogP contribution in [0.3, 0.4) is 0 Å². The predicted octanol–water partition coefficient (Wildman–Crippen LogP) is 2.49. The number of thioether (sulfide) groups is 1. The molecule has 0 saturated carbocycles. The van der Waals surface area contributed by atoms with Gasteiger partial charge in [0.05, 0.1) is 19.4 Å². The van der Waals surface area contributed by atoms with Crippen LogP contribution in [-0.2, 0) is 11.2 Å². The third-order valence-corrected chi connectivity index (χ3v) is 4.53. The lowest BCUT2D eigenvalue weighted by molar-refractivity contribution is 0.114. The van der Waals surface area contributed by atoms with E-state index in [1.165, 1.54) is 6.42 Å². The van der Waals surface area contributed by atoms with Crippen molar-refractivity contribution in [2.24, 2.45) is 10.9 Å². The van der Waals surface area contributed by atoms with Crippen LogP contribution in [-0.4, -0.2) is 62.3 Å². The summed E-state index contributed by atoms with van der Waals surface area (Å²) in [6.45, 7) is 7.51. The van der Waals surface area contributed by atoms with Gasteiger partial charge in [-0.05, 0) is 31.7 Å². The molecule has 1 aromatic heterocycles. The zero-order valence-corrected chi connectivity index (χ0v) is 15.1. The molecule has 1 unspecified atom stereocenters. The van der Waals surface area contributed by atoms with Crippen molar-refractivity contribution in [2.45, 2.75) is 19.8 Å². The first-order valence-corrected chi connectivity index (χ1v) is 9.85. The van der Waals surface area contributed by atoms with Crippen LogP contribution in [0.4, 0.5) is 0 Å². The van der Waals surface area contributed by atoms with Gasteiger partial charge in [-0.1, -0.05) is 0 Å².